The number of carboxylic acids is 1. The summed E-state index contributed by atoms with van der Waals surface area (Å²) < 4.78 is 0. The molecule has 1 saturated heterocycles. The van der Waals surface area contributed by atoms with Crippen LogP contribution >= 0.6 is 11.8 Å². The largest absolute Gasteiger partial charge is 0.480 e. The molecule has 2 rings (SSSR count). The highest BCUT2D eigenvalue weighted by Gasteiger charge is 2.30. The number of aliphatic carboxylic acids is 1. The first-order chi connectivity index (χ1) is 10.6. The summed E-state index contributed by atoms with van der Waals surface area (Å²) in [5.41, 5.74) is 0.715. The first-order valence-corrected chi connectivity index (χ1v) is 8.83. The van der Waals surface area contributed by atoms with Gasteiger partial charge in [-0.1, -0.05) is 19.1 Å². The van der Waals surface area contributed by atoms with E-state index in [2.05, 4.69) is 6.92 Å². The normalized spacial score (nSPS) is 18.5. The quantitative estimate of drug-likeness (QED) is 0.588. The number of thioether (sulfide) groups is 1. The first-order valence-electron chi connectivity index (χ1n) is 7.84. The minimum atomic E-state index is -0.776. The average Bonchev–Trinajstić information content (AvgIpc) is 3.00. The molecule has 1 aliphatic heterocycles. The molecule has 1 aromatic rings. The van der Waals surface area contributed by atoms with Crippen molar-refractivity contribution in [1.82, 2.24) is 4.90 Å². The fourth-order valence-electron chi connectivity index (χ4n) is 2.72. The van der Waals surface area contributed by atoms with E-state index in [1.807, 2.05) is 29.2 Å². The van der Waals surface area contributed by atoms with Crippen molar-refractivity contribution in [3.63, 3.8) is 0 Å². The van der Waals surface area contributed by atoms with E-state index in [1.165, 1.54) is 4.90 Å². The van der Waals surface area contributed by atoms with Gasteiger partial charge in [-0.3, -0.25) is 14.5 Å². The first kappa shape index (κ1) is 17.0. The lowest BCUT2D eigenvalue weighted by Gasteiger charge is -2.20. The van der Waals surface area contributed by atoms with Crippen LogP contribution in [0.1, 0.15) is 43.0 Å². The smallest absolute Gasteiger partial charge is 0.320 e. The van der Waals surface area contributed by atoms with Crippen LogP contribution in [-0.4, -0.2) is 46.6 Å². The van der Waals surface area contributed by atoms with E-state index in [4.69, 9.17) is 5.11 Å². The Morgan fingerprint density at radius 2 is 2.05 bits per heavy atom. The molecule has 0 spiro atoms. The third-order valence-corrected chi connectivity index (χ3v) is 5.14. The van der Waals surface area contributed by atoms with Gasteiger partial charge >= 0.3 is 5.97 Å². The van der Waals surface area contributed by atoms with Crippen LogP contribution in [0.25, 0.3) is 0 Å². The molecule has 1 heterocycles. The van der Waals surface area contributed by atoms with Gasteiger partial charge in [0, 0.05) is 23.4 Å². The van der Waals surface area contributed by atoms with Gasteiger partial charge in [-0.05, 0) is 43.7 Å². The van der Waals surface area contributed by atoms with Gasteiger partial charge in [0.1, 0.15) is 6.04 Å². The van der Waals surface area contributed by atoms with Gasteiger partial charge in [0.15, 0.2) is 5.78 Å². The molecule has 1 aliphatic rings. The molecule has 0 bridgehead atoms. The van der Waals surface area contributed by atoms with Crippen molar-refractivity contribution < 1.29 is 14.7 Å². The molecule has 1 aromatic carbocycles. The number of carboxylic acid groups (broad SMARTS) is 1. The number of Topliss-reactive ketones (excluding diaryl/α,β-unsaturated/α-hetero) is 1. The maximum Gasteiger partial charge on any atom is 0.320 e. The third kappa shape index (κ3) is 4.58. The van der Waals surface area contributed by atoms with Gasteiger partial charge < -0.3 is 5.11 Å². The van der Waals surface area contributed by atoms with Gasteiger partial charge in [0.25, 0.3) is 0 Å². The summed E-state index contributed by atoms with van der Waals surface area (Å²) >= 11 is 1.79. The van der Waals surface area contributed by atoms with Gasteiger partial charge in [0.2, 0.25) is 0 Å². The van der Waals surface area contributed by atoms with Crippen molar-refractivity contribution in [3.05, 3.63) is 29.8 Å². The maximum atomic E-state index is 12.2. The van der Waals surface area contributed by atoms with E-state index >= 15 is 0 Å². The van der Waals surface area contributed by atoms with E-state index in [9.17, 15) is 9.59 Å². The summed E-state index contributed by atoms with van der Waals surface area (Å²) in [5, 5.41) is 9.14. The minimum Gasteiger partial charge on any atom is -0.480 e. The molecule has 120 valence electrons. The van der Waals surface area contributed by atoms with Crippen molar-refractivity contribution >= 4 is 23.5 Å². The molecule has 1 unspecified atom stereocenters. The van der Waals surface area contributed by atoms with Crippen LogP contribution in [-0.2, 0) is 4.79 Å². The lowest BCUT2D eigenvalue weighted by Crippen LogP contribution is -2.37. The molecule has 0 radical (unpaired) electrons. The molecule has 1 atom stereocenters. The van der Waals surface area contributed by atoms with Crippen molar-refractivity contribution in [1.29, 1.82) is 0 Å². The van der Waals surface area contributed by atoms with E-state index < -0.39 is 12.0 Å². The zero-order chi connectivity index (χ0) is 15.9. The highest BCUT2D eigenvalue weighted by molar-refractivity contribution is 7.99. The second kappa shape index (κ2) is 8.34. The molecule has 0 saturated carbocycles. The zero-order valence-corrected chi connectivity index (χ0v) is 13.8. The van der Waals surface area contributed by atoms with Gasteiger partial charge in [-0.2, -0.15) is 0 Å². The van der Waals surface area contributed by atoms with Crippen molar-refractivity contribution in [3.8, 4) is 0 Å². The molecule has 22 heavy (non-hydrogen) atoms. The highest BCUT2D eigenvalue weighted by atomic mass is 32.2. The van der Waals surface area contributed by atoms with Crippen molar-refractivity contribution in [2.45, 2.75) is 43.5 Å². The molecular formula is C17H23NO3S. The van der Waals surface area contributed by atoms with E-state index in [1.54, 1.807) is 11.8 Å². The Morgan fingerprint density at radius 3 is 2.68 bits per heavy atom. The molecule has 4 nitrogen and oxygen atoms in total. The maximum absolute atomic E-state index is 12.2. The SMILES string of the molecule is CCCSc1ccc(C(=O)CCN2CCCC2C(=O)O)cc1. The second-order valence-electron chi connectivity index (χ2n) is 5.58. The Balaban J connectivity index is 1.85. The van der Waals surface area contributed by atoms with Gasteiger partial charge in [-0.15, -0.1) is 11.8 Å². The Hall–Kier alpha value is -1.33. The predicted octanol–water partition coefficient (Wildman–Crippen LogP) is 3.31. The Bertz CT molecular complexity index is 515. The number of ketones is 1. The number of nitrogens with zero attached hydrogens (tertiary/aromatic N) is 1. The summed E-state index contributed by atoms with van der Waals surface area (Å²) in [6.45, 7) is 3.45. The number of carbonyl (C=O) groups is 2. The van der Waals surface area contributed by atoms with Crippen LogP contribution in [0.4, 0.5) is 0 Å². The Kier molecular flexibility index (Phi) is 6.46. The Labute approximate surface area is 135 Å². The Morgan fingerprint density at radius 1 is 1.32 bits per heavy atom. The lowest BCUT2D eigenvalue weighted by molar-refractivity contribution is -0.142. The molecule has 5 heteroatoms. The van der Waals surface area contributed by atoms with E-state index in [0.717, 1.165) is 25.1 Å². The molecule has 0 aromatic heterocycles. The summed E-state index contributed by atoms with van der Waals surface area (Å²) in [5.74, 6) is 0.393. The molecule has 1 N–H and O–H groups in total. The van der Waals surface area contributed by atoms with E-state index in [0.29, 0.717) is 24.9 Å². The standard InChI is InChI=1S/C17H23NO3S/c1-2-12-22-14-7-5-13(6-8-14)16(19)9-11-18-10-3-4-15(18)17(20)21/h5-8,15H,2-4,9-12H2,1H3,(H,20,21). The van der Waals surface area contributed by atoms with Crippen LogP contribution < -0.4 is 0 Å². The zero-order valence-electron chi connectivity index (χ0n) is 13.0. The summed E-state index contributed by atoms with van der Waals surface area (Å²) in [6, 6.07) is 7.31. The van der Waals surface area contributed by atoms with Crippen LogP contribution in [0.2, 0.25) is 0 Å². The average molecular weight is 321 g/mol. The summed E-state index contributed by atoms with van der Waals surface area (Å²) in [7, 11) is 0. The van der Waals surface area contributed by atoms with Gasteiger partial charge in [0.05, 0.1) is 0 Å². The predicted molar refractivity (Wildman–Crippen MR) is 88.6 cm³/mol. The van der Waals surface area contributed by atoms with Gasteiger partial charge in [-0.25, -0.2) is 0 Å². The van der Waals surface area contributed by atoms with Crippen LogP contribution in [0.5, 0.6) is 0 Å². The molecule has 1 fully saturated rings. The van der Waals surface area contributed by atoms with Crippen LogP contribution in [0.3, 0.4) is 0 Å². The number of hydrogen-bond donors (Lipinski definition) is 1. The van der Waals surface area contributed by atoms with Crippen molar-refractivity contribution in [2.24, 2.45) is 0 Å². The molecule has 0 aliphatic carbocycles. The minimum absolute atomic E-state index is 0.0862. The third-order valence-electron chi connectivity index (χ3n) is 3.92. The summed E-state index contributed by atoms with van der Waals surface area (Å²) in [4.78, 5) is 26.4. The number of benzene rings is 1. The van der Waals surface area contributed by atoms with Crippen molar-refractivity contribution in [2.75, 3.05) is 18.8 Å². The fourth-order valence-corrected chi connectivity index (χ4v) is 3.49. The second-order valence-corrected chi connectivity index (χ2v) is 6.75. The topological polar surface area (TPSA) is 57.6 Å². The van der Waals surface area contributed by atoms with Crippen LogP contribution in [0, 0.1) is 0 Å². The molecule has 0 amide bonds. The number of likely N-dealkylation sites (tertiary alicyclic amines) is 1. The highest BCUT2D eigenvalue weighted by Crippen LogP contribution is 2.21. The number of hydrogen-bond acceptors (Lipinski definition) is 4. The molecular weight excluding hydrogens is 298 g/mol. The monoisotopic (exact) mass is 321 g/mol. The van der Waals surface area contributed by atoms with E-state index in [-0.39, 0.29) is 5.78 Å². The fraction of sp³-hybridized carbons (Fsp3) is 0.529. The summed E-state index contributed by atoms with van der Waals surface area (Å²) in [6.07, 6.45) is 3.10. The van der Waals surface area contributed by atoms with Crippen LogP contribution in [0.15, 0.2) is 29.2 Å². The lowest BCUT2D eigenvalue weighted by atomic mass is 10.1. The number of rotatable bonds is 8. The number of carbonyl (C=O) groups excluding carboxylic acids is 1.